The number of carbonyl (C=O) groups is 1. The van der Waals surface area contributed by atoms with E-state index in [-0.39, 0.29) is 12.2 Å². The van der Waals surface area contributed by atoms with Crippen molar-refractivity contribution >= 4 is 23.1 Å². The number of aromatic nitrogens is 1. The van der Waals surface area contributed by atoms with Crippen molar-refractivity contribution in [2.45, 2.75) is 31.7 Å². The molecule has 0 fully saturated rings. The lowest BCUT2D eigenvalue weighted by atomic mass is 10.00. The number of hydrogen-bond donors (Lipinski definition) is 1. The van der Waals surface area contributed by atoms with Crippen molar-refractivity contribution < 1.29 is 22.4 Å². The smallest absolute Gasteiger partial charge is 0.310 e. The van der Waals surface area contributed by atoms with Crippen molar-refractivity contribution in [3.63, 3.8) is 0 Å². The molecule has 4 heterocycles. The number of amides is 2. The first-order chi connectivity index (χ1) is 18.2. The minimum Gasteiger partial charge on any atom is -0.310 e. The lowest BCUT2D eigenvalue weighted by Crippen LogP contribution is -2.38. The molecule has 1 N–H and O–H groups in total. The number of benzene rings is 2. The van der Waals surface area contributed by atoms with Crippen LogP contribution in [0.1, 0.15) is 38.9 Å². The molecule has 196 valence electrons. The van der Waals surface area contributed by atoms with Crippen molar-refractivity contribution in [2.75, 3.05) is 18.9 Å². The molecule has 38 heavy (non-hydrogen) atoms. The highest BCUT2D eigenvalue weighted by Crippen LogP contribution is 2.44. The van der Waals surface area contributed by atoms with E-state index in [1.54, 1.807) is 28.4 Å². The predicted molar refractivity (Wildman–Crippen MR) is 138 cm³/mol. The molecule has 2 aromatic carbocycles. The molecule has 0 bridgehead atoms. The van der Waals surface area contributed by atoms with E-state index in [1.165, 1.54) is 40.8 Å². The van der Waals surface area contributed by atoms with E-state index in [0.717, 1.165) is 41.8 Å². The van der Waals surface area contributed by atoms with Gasteiger partial charge in [-0.3, -0.25) is 0 Å². The molecule has 4 aromatic rings. The van der Waals surface area contributed by atoms with Gasteiger partial charge in [-0.15, -0.1) is 11.3 Å². The number of para-hydroxylation sites is 1. The molecule has 6 rings (SSSR count). The van der Waals surface area contributed by atoms with E-state index in [4.69, 9.17) is 0 Å². The fraction of sp³-hybridized carbons (Fsp3) is 0.250. The quantitative estimate of drug-likeness (QED) is 0.284. The highest BCUT2D eigenvalue weighted by molar-refractivity contribution is 7.15. The van der Waals surface area contributed by atoms with Gasteiger partial charge in [0, 0.05) is 29.7 Å². The lowest BCUT2D eigenvalue weighted by molar-refractivity contribution is -0.136. The zero-order chi connectivity index (χ0) is 26.6. The Labute approximate surface area is 220 Å². The number of halogens is 4. The van der Waals surface area contributed by atoms with Crippen molar-refractivity contribution in [3.05, 3.63) is 106 Å². The van der Waals surface area contributed by atoms with Crippen molar-refractivity contribution in [1.82, 2.24) is 14.4 Å². The third-order valence-corrected chi connectivity index (χ3v) is 8.43. The van der Waals surface area contributed by atoms with Gasteiger partial charge in [0.15, 0.2) is 0 Å². The zero-order valence-electron chi connectivity index (χ0n) is 20.4. The summed E-state index contributed by atoms with van der Waals surface area (Å²) in [5.74, 6) is -0.412. The Bertz CT molecular complexity index is 1510. The number of thiophene rings is 1. The number of nitrogens with zero attached hydrogens (tertiary/aromatic N) is 3. The number of rotatable bonds is 2. The number of carbonyl (C=O) groups excluding carboxylic acids is 1. The van der Waals surface area contributed by atoms with Crippen molar-refractivity contribution in [3.8, 4) is 5.00 Å². The van der Waals surface area contributed by atoms with Gasteiger partial charge in [0.2, 0.25) is 0 Å². The first-order valence-corrected chi connectivity index (χ1v) is 13.0. The standard InChI is InChI=1S/C28H24F4N4OS/c1-34-14-12-19-20-15-36(27(37)33-22-6-3-2-5-21(22)28(30,31)32)25(17-8-10-18(29)11-9-17)23-7-4-13-35(23)26(20)38-24(19)16-34/h2-11,13,25H,12,14-16H2,1H3,(H,33,37)/t25-/m0/s1. The van der Waals surface area contributed by atoms with E-state index < -0.39 is 29.6 Å². The zero-order valence-corrected chi connectivity index (χ0v) is 21.2. The fourth-order valence-corrected chi connectivity index (χ4v) is 6.82. The number of anilines is 1. The van der Waals surface area contributed by atoms with Crippen LogP contribution in [0.2, 0.25) is 0 Å². The molecule has 0 saturated heterocycles. The number of likely N-dealkylation sites (N-methyl/N-ethyl adjacent to an activating group) is 1. The molecule has 2 aliphatic rings. The number of fused-ring (bicyclic) bond motifs is 5. The van der Waals surface area contributed by atoms with Crippen LogP contribution in [0.25, 0.3) is 5.00 Å². The van der Waals surface area contributed by atoms with E-state index in [0.29, 0.717) is 5.56 Å². The first-order valence-electron chi connectivity index (χ1n) is 12.2. The Morgan fingerprint density at radius 2 is 1.76 bits per heavy atom. The monoisotopic (exact) mass is 540 g/mol. The Balaban J connectivity index is 1.49. The number of hydrogen-bond acceptors (Lipinski definition) is 3. The molecule has 2 aromatic heterocycles. The maximum atomic E-state index is 13.9. The van der Waals surface area contributed by atoms with Crippen LogP contribution < -0.4 is 5.32 Å². The molecule has 2 amide bonds. The second-order valence-electron chi connectivity index (χ2n) is 9.63. The minimum absolute atomic E-state index is 0.203. The summed E-state index contributed by atoms with van der Waals surface area (Å²) in [6.07, 6.45) is -1.86. The van der Waals surface area contributed by atoms with Gasteiger partial charge in [0.1, 0.15) is 10.8 Å². The number of nitrogens with one attached hydrogen (secondary N) is 1. The van der Waals surface area contributed by atoms with Gasteiger partial charge < -0.3 is 19.7 Å². The molecule has 0 unspecified atom stereocenters. The number of urea groups is 1. The van der Waals surface area contributed by atoms with E-state index in [2.05, 4.69) is 21.8 Å². The molecule has 0 radical (unpaired) electrons. The minimum atomic E-state index is -4.63. The summed E-state index contributed by atoms with van der Waals surface area (Å²) in [6.45, 7) is 1.88. The van der Waals surface area contributed by atoms with Crippen LogP contribution in [0.3, 0.4) is 0 Å². The van der Waals surface area contributed by atoms with Gasteiger partial charge in [-0.1, -0.05) is 24.3 Å². The second kappa shape index (κ2) is 9.28. The third-order valence-electron chi connectivity index (χ3n) is 7.18. The summed E-state index contributed by atoms with van der Waals surface area (Å²) in [7, 11) is 2.07. The Kier molecular flexibility index (Phi) is 6.03. The lowest BCUT2D eigenvalue weighted by Gasteiger charge is -2.32. The third kappa shape index (κ3) is 4.27. The normalized spacial score (nSPS) is 17.4. The summed E-state index contributed by atoms with van der Waals surface area (Å²) in [4.78, 5) is 18.9. The average molecular weight is 541 g/mol. The van der Waals surface area contributed by atoms with Gasteiger partial charge in [-0.25, -0.2) is 9.18 Å². The molecular weight excluding hydrogens is 516 g/mol. The van der Waals surface area contributed by atoms with Crippen LogP contribution in [-0.4, -0.2) is 34.0 Å². The summed E-state index contributed by atoms with van der Waals surface area (Å²) >= 11 is 1.68. The molecule has 0 saturated carbocycles. The van der Waals surface area contributed by atoms with Crippen molar-refractivity contribution in [1.29, 1.82) is 0 Å². The highest BCUT2D eigenvalue weighted by Gasteiger charge is 2.38. The van der Waals surface area contributed by atoms with E-state index in [1.807, 2.05) is 18.3 Å². The molecule has 1 atom stereocenters. The summed E-state index contributed by atoms with van der Waals surface area (Å²) in [6, 6.07) is 13.3. The first kappa shape index (κ1) is 24.7. The topological polar surface area (TPSA) is 40.5 Å². The highest BCUT2D eigenvalue weighted by atomic mass is 32.1. The van der Waals surface area contributed by atoms with Gasteiger partial charge in [0.05, 0.1) is 29.5 Å². The number of alkyl halides is 3. The molecule has 0 aliphatic carbocycles. The van der Waals surface area contributed by atoms with Crippen LogP contribution in [-0.2, 0) is 25.7 Å². The molecule has 2 aliphatic heterocycles. The maximum absolute atomic E-state index is 13.9. The Morgan fingerprint density at radius 3 is 2.53 bits per heavy atom. The fourth-order valence-electron chi connectivity index (χ4n) is 5.37. The van der Waals surface area contributed by atoms with Gasteiger partial charge in [0.25, 0.3) is 0 Å². The van der Waals surface area contributed by atoms with Crippen LogP contribution in [0.15, 0.2) is 66.9 Å². The molecule has 0 spiro atoms. The Morgan fingerprint density at radius 1 is 1.00 bits per heavy atom. The second-order valence-corrected chi connectivity index (χ2v) is 10.7. The molecular formula is C28H24F4N4OS. The van der Waals surface area contributed by atoms with Gasteiger partial charge in [-0.05, 0) is 61.0 Å². The maximum Gasteiger partial charge on any atom is 0.418 e. The van der Waals surface area contributed by atoms with Crippen LogP contribution in [0, 0.1) is 5.82 Å². The Hall–Kier alpha value is -3.63. The summed E-state index contributed by atoms with van der Waals surface area (Å²) in [5.41, 5.74) is 2.41. The SMILES string of the molecule is CN1CCc2c(sc3c2CN(C(=O)Nc2ccccc2C(F)(F)F)[C@@H](c2ccc(F)cc2)c2cccn2-3)C1. The van der Waals surface area contributed by atoms with Crippen LogP contribution in [0.4, 0.5) is 28.0 Å². The van der Waals surface area contributed by atoms with Gasteiger partial charge in [-0.2, -0.15) is 13.2 Å². The average Bonchev–Trinajstić information content (AvgIpc) is 3.46. The largest absolute Gasteiger partial charge is 0.418 e. The van der Waals surface area contributed by atoms with Gasteiger partial charge >= 0.3 is 12.2 Å². The predicted octanol–water partition coefficient (Wildman–Crippen LogP) is 6.82. The van der Waals surface area contributed by atoms with Crippen molar-refractivity contribution in [2.24, 2.45) is 0 Å². The summed E-state index contributed by atoms with van der Waals surface area (Å²) < 4.78 is 57.0. The molecule has 10 heteroatoms. The molecule has 5 nitrogen and oxygen atoms in total. The van der Waals surface area contributed by atoms with E-state index in [9.17, 15) is 22.4 Å². The van der Waals surface area contributed by atoms with Crippen LogP contribution in [0.5, 0.6) is 0 Å². The van der Waals surface area contributed by atoms with Crippen LogP contribution >= 0.6 is 11.3 Å². The van der Waals surface area contributed by atoms with E-state index >= 15 is 0 Å². The summed E-state index contributed by atoms with van der Waals surface area (Å²) in [5, 5.41) is 3.54.